The molecule has 2 aromatic heterocycles. The van der Waals surface area contributed by atoms with Gasteiger partial charge in [0.25, 0.3) is 5.69 Å². The van der Waals surface area contributed by atoms with Crippen LogP contribution >= 0.6 is 22.9 Å². The summed E-state index contributed by atoms with van der Waals surface area (Å²) in [6.07, 6.45) is 3.22. The number of hydrogen-bond donors (Lipinski definition) is 0. The Morgan fingerprint density at radius 1 is 1.19 bits per heavy atom. The highest BCUT2D eigenvalue weighted by molar-refractivity contribution is 7.89. The molecule has 3 heterocycles. The van der Waals surface area contributed by atoms with Crippen molar-refractivity contribution in [2.45, 2.75) is 50.8 Å². The zero-order valence-electron chi connectivity index (χ0n) is 20.4. The van der Waals surface area contributed by atoms with Gasteiger partial charge in [-0.25, -0.2) is 18.4 Å². The zero-order chi connectivity index (χ0) is 25.8. The Morgan fingerprint density at radius 2 is 1.92 bits per heavy atom. The van der Waals surface area contributed by atoms with E-state index in [4.69, 9.17) is 21.6 Å². The summed E-state index contributed by atoms with van der Waals surface area (Å²) >= 11 is 7.65. The number of piperazine rings is 1. The third kappa shape index (κ3) is 4.46. The maximum absolute atomic E-state index is 13.3. The van der Waals surface area contributed by atoms with E-state index in [0.717, 1.165) is 47.2 Å². The first-order chi connectivity index (χ1) is 17.1. The largest absolute Gasteiger partial charge is 0.353 e. The van der Waals surface area contributed by atoms with Gasteiger partial charge in [0, 0.05) is 43.0 Å². The van der Waals surface area contributed by atoms with E-state index >= 15 is 0 Å². The average Bonchev–Trinajstić information content (AvgIpc) is 3.20. The highest BCUT2D eigenvalue weighted by Gasteiger charge is 2.33. The Balaban J connectivity index is 1.45. The van der Waals surface area contributed by atoms with Gasteiger partial charge in [0.15, 0.2) is 0 Å². The van der Waals surface area contributed by atoms with Gasteiger partial charge in [-0.15, -0.1) is 11.3 Å². The Bertz CT molecular complexity index is 1450. The molecule has 0 N–H and O–H groups in total. The number of nitro benzene ring substituents is 1. The fourth-order valence-electron chi connectivity index (χ4n) is 4.91. The number of halogens is 1. The van der Waals surface area contributed by atoms with Crippen molar-refractivity contribution in [2.24, 2.45) is 5.92 Å². The van der Waals surface area contributed by atoms with E-state index in [2.05, 4.69) is 25.7 Å². The smallest absolute Gasteiger partial charge is 0.289 e. The molecule has 0 amide bonds. The summed E-state index contributed by atoms with van der Waals surface area (Å²) in [7, 11) is -3.90. The maximum Gasteiger partial charge on any atom is 0.289 e. The summed E-state index contributed by atoms with van der Waals surface area (Å²) in [4.78, 5) is 24.9. The standard InChI is InChI=1S/C24H28ClN5O4S2/c1-14(2)22-26-23(21-17-6-4-15(3)12-20(17)35-24(21)27-22)28-8-10-29(11-9-28)36(33,34)16-5-7-18(25)19(13-16)30(31)32/h5,7,13-15H,4,6,8-12H2,1-3H3/t15-/m1/s1. The molecule has 1 saturated heterocycles. The number of aryl methyl sites for hydroxylation is 1. The lowest BCUT2D eigenvalue weighted by molar-refractivity contribution is -0.384. The zero-order valence-corrected chi connectivity index (χ0v) is 22.8. The van der Waals surface area contributed by atoms with Gasteiger partial charge in [0.05, 0.1) is 15.2 Å². The molecule has 0 unspecified atom stereocenters. The van der Waals surface area contributed by atoms with Gasteiger partial charge >= 0.3 is 0 Å². The van der Waals surface area contributed by atoms with Crippen LogP contribution in [-0.4, -0.2) is 53.8 Å². The third-order valence-electron chi connectivity index (χ3n) is 6.96. The molecule has 0 bridgehead atoms. The van der Waals surface area contributed by atoms with Crippen LogP contribution in [0.15, 0.2) is 23.1 Å². The van der Waals surface area contributed by atoms with Crippen molar-refractivity contribution in [1.29, 1.82) is 0 Å². The van der Waals surface area contributed by atoms with Crippen molar-refractivity contribution in [1.82, 2.24) is 14.3 Å². The van der Waals surface area contributed by atoms with Crippen LogP contribution in [0, 0.1) is 16.0 Å². The van der Waals surface area contributed by atoms with E-state index in [-0.39, 0.29) is 28.9 Å². The van der Waals surface area contributed by atoms with Crippen LogP contribution in [0.25, 0.3) is 10.2 Å². The summed E-state index contributed by atoms with van der Waals surface area (Å²) in [5, 5.41) is 12.3. The second-order valence-electron chi connectivity index (χ2n) is 9.85. The highest BCUT2D eigenvalue weighted by Crippen LogP contribution is 2.42. The number of benzene rings is 1. The maximum atomic E-state index is 13.3. The van der Waals surface area contributed by atoms with Crippen molar-refractivity contribution in [3.63, 3.8) is 0 Å². The molecule has 1 atom stereocenters. The molecule has 192 valence electrons. The quantitative estimate of drug-likeness (QED) is 0.325. The summed E-state index contributed by atoms with van der Waals surface area (Å²) < 4.78 is 27.9. The van der Waals surface area contributed by atoms with Crippen LogP contribution in [-0.2, 0) is 22.9 Å². The van der Waals surface area contributed by atoms with Crippen molar-refractivity contribution in [3.05, 3.63) is 49.6 Å². The van der Waals surface area contributed by atoms with Crippen LogP contribution in [0.2, 0.25) is 5.02 Å². The minimum absolute atomic E-state index is 0.0917. The minimum atomic E-state index is -3.90. The summed E-state index contributed by atoms with van der Waals surface area (Å²) in [6.45, 7) is 7.90. The Kier molecular flexibility index (Phi) is 6.69. The monoisotopic (exact) mass is 549 g/mol. The van der Waals surface area contributed by atoms with Crippen molar-refractivity contribution in [2.75, 3.05) is 31.1 Å². The minimum Gasteiger partial charge on any atom is -0.353 e. The number of nitro groups is 1. The number of rotatable bonds is 5. The lowest BCUT2D eigenvalue weighted by Gasteiger charge is -2.35. The molecule has 2 aliphatic rings. The van der Waals surface area contributed by atoms with Crippen LogP contribution in [0.3, 0.4) is 0 Å². The fraction of sp³-hybridized carbons (Fsp3) is 0.500. The molecule has 5 rings (SSSR count). The van der Waals surface area contributed by atoms with E-state index in [0.29, 0.717) is 19.0 Å². The Hall–Kier alpha value is -2.34. The number of nitrogens with zero attached hydrogens (tertiary/aromatic N) is 5. The Labute approximate surface area is 219 Å². The summed E-state index contributed by atoms with van der Waals surface area (Å²) in [5.41, 5.74) is 0.930. The number of hydrogen-bond acceptors (Lipinski definition) is 8. The lowest BCUT2D eigenvalue weighted by atomic mass is 9.89. The number of fused-ring (bicyclic) bond motifs is 3. The number of sulfonamides is 1. The predicted octanol–water partition coefficient (Wildman–Crippen LogP) is 5.01. The summed E-state index contributed by atoms with van der Waals surface area (Å²) in [5.74, 6) is 2.53. The highest BCUT2D eigenvalue weighted by atomic mass is 35.5. The van der Waals surface area contributed by atoms with Gasteiger partial charge in [0.1, 0.15) is 21.5 Å². The van der Waals surface area contributed by atoms with Crippen LogP contribution < -0.4 is 4.90 Å². The molecule has 0 radical (unpaired) electrons. The van der Waals surface area contributed by atoms with Gasteiger partial charge in [-0.05, 0) is 42.9 Å². The third-order valence-corrected chi connectivity index (χ3v) is 10.3. The molecular weight excluding hydrogens is 522 g/mol. The molecule has 3 aromatic rings. The Morgan fingerprint density at radius 3 is 2.58 bits per heavy atom. The van der Waals surface area contributed by atoms with Crippen LogP contribution in [0.4, 0.5) is 11.5 Å². The van der Waals surface area contributed by atoms with E-state index in [1.54, 1.807) is 11.3 Å². The first-order valence-electron chi connectivity index (χ1n) is 12.1. The normalized spacial score (nSPS) is 19.1. The van der Waals surface area contributed by atoms with Crippen LogP contribution in [0.5, 0.6) is 0 Å². The van der Waals surface area contributed by atoms with Gasteiger partial charge < -0.3 is 4.90 Å². The van der Waals surface area contributed by atoms with Gasteiger partial charge in [-0.1, -0.05) is 32.4 Å². The first-order valence-corrected chi connectivity index (χ1v) is 14.7. The molecule has 12 heteroatoms. The molecular formula is C24H28ClN5O4S2. The SMILES string of the molecule is CC(C)c1nc(N2CCN(S(=O)(=O)c3ccc(Cl)c([N+](=O)[O-])c3)CC2)c2c3c(sc2n1)C[C@H](C)CC3. The van der Waals surface area contributed by atoms with Crippen molar-refractivity contribution in [3.8, 4) is 0 Å². The molecule has 0 saturated carbocycles. The second kappa shape index (κ2) is 9.51. The fourth-order valence-corrected chi connectivity index (χ4v) is 7.92. The molecule has 1 fully saturated rings. The van der Waals surface area contributed by atoms with Crippen LogP contribution in [0.1, 0.15) is 49.4 Å². The summed E-state index contributed by atoms with van der Waals surface area (Å²) in [6, 6.07) is 3.61. The number of aromatic nitrogens is 2. The van der Waals surface area contributed by atoms with Crippen molar-refractivity contribution >= 4 is 54.7 Å². The predicted molar refractivity (Wildman–Crippen MR) is 142 cm³/mol. The molecule has 0 spiro atoms. The molecule has 9 nitrogen and oxygen atoms in total. The molecule has 1 aliphatic carbocycles. The number of anilines is 1. The second-order valence-corrected chi connectivity index (χ2v) is 13.3. The number of thiophene rings is 1. The molecule has 36 heavy (non-hydrogen) atoms. The first kappa shape index (κ1) is 25.3. The van der Waals surface area contributed by atoms with Gasteiger partial charge in [-0.2, -0.15) is 4.31 Å². The van der Waals surface area contributed by atoms with Crippen molar-refractivity contribution < 1.29 is 13.3 Å². The molecule has 1 aliphatic heterocycles. The van der Waals surface area contributed by atoms with E-state index in [1.165, 1.54) is 26.9 Å². The van der Waals surface area contributed by atoms with E-state index in [9.17, 15) is 18.5 Å². The van der Waals surface area contributed by atoms with Gasteiger partial charge in [0.2, 0.25) is 10.0 Å². The van der Waals surface area contributed by atoms with E-state index in [1.807, 2.05) is 0 Å². The van der Waals surface area contributed by atoms with E-state index < -0.39 is 20.6 Å². The molecule has 1 aromatic carbocycles. The average molecular weight is 550 g/mol. The topological polar surface area (TPSA) is 110 Å². The lowest BCUT2D eigenvalue weighted by Crippen LogP contribution is -2.49. The van der Waals surface area contributed by atoms with Gasteiger partial charge in [-0.3, -0.25) is 10.1 Å².